The van der Waals surface area contributed by atoms with Crippen molar-refractivity contribution >= 4 is 46.6 Å². The summed E-state index contributed by atoms with van der Waals surface area (Å²) in [5.41, 5.74) is 2.46. The zero-order chi connectivity index (χ0) is 18.3. The van der Waals surface area contributed by atoms with Crippen LogP contribution in [0.15, 0.2) is 36.8 Å². The van der Waals surface area contributed by atoms with Crippen molar-refractivity contribution in [3.05, 3.63) is 41.8 Å². The molecule has 0 radical (unpaired) electrons. The van der Waals surface area contributed by atoms with Crippen molar-refractivity contribution in [2.24, 2.45) is 7.05 Å². The van der Waals surface area contributed by atoms with Gasteiger partial charge in [-0.2, -0.15) is 0 Å². The van der Waals surface area contributed by atoms with E-state index in [0.29, 0.717) is 10.8 Å². The van der Waals surface area contributed by atoms with E-state index in [1.54, 1.807) is 12.5 Å². The monoisotopic (exact) mass is 389 g/mol. The molecule has 2 aromatic heterocycles. The second-order valence-corrected chi connectivity index (χ2v) is 10.4. The fourth-order valence-electron chi connectivity index (χ4n) is 3.32. The lowest BCUT2D eigenvalue weighted by Crippen LogP contribution is -2.34. The van der Waals surface area contributed by atoms with Gasteiger partial charge in [0, 0.05) is 43.5 Å². The molecule has 0 atom stereocenters. The highest BCUT2D eigenvalue weighted by Gasteiger charge is 2.28. The minimum absolute atomic E-state index is 0.571. The molecule has 1 aliphatic rings. The molecule has 0 aliphatic carbocycles. The van der Waals surface area contributed by atoms with Crippen molar-refractivity contribution in [3.8, 4) is 0 Å². The molecule has 0 amide bonds. The lowest BCUT2D eigenvalue weighted by Gasteiger charge is -2.29. The van der Waals surface area contributed by atoms with Crippen molar-refractivity contribution < 1.29 is 4.57 Å². The van der Waals surface area contributed by atoms with Crippen LogP contribution in [-0.2, 0) is 11.6 Å². The first kappa shape index (κ1) is 17.5. The Labute approximate surface area is 157 Å². The van der Waals surface area contributed by atoms with E-state index < -0.39 is 7.14 Å². The third kappa shape index (κ3) is 3.13. The van der Waals surface area contributed by atoms with E-state index in [9.17, 15) is 4.57 Å². The molecular formula is C18H21ClN5OP. The van der Waals surface area contributed by atoms with Crippen molar-refractivity contribution in [1.82, 2.24) is 19.4 Å². The summed E-state index contributed by atoms with van der Waals surface area (Å²) in [6.45, 7) is 1.78. The van der Waals surface area contributed by atoms with Crippen LogP contribution in [0.4, 0.5) is 11.5 Å². The first-order valence-electron chi connectivity index (χ1n) is 8.56. The topological polar surface area (TPSA) is 63.1 Å². The van der Waals surface area contributed by atoms with Crippen LogP contribution in [0, 0.1) is 0 Å². The fourth-order valence-corrected chi connectivity index (χ4v) is 6.35. The number of imidazole rings is 1. The van der Waals surface area contributed by atoms with Gasteiger partial charge in [0.15, 0.2) is 5.82 Å². The molecule has 1 aliphatic heterocycles. The molecule has 0 spiro atoms. The maximum atomic E-state index is 13.2. The molecule has 1 N–H and O–H groups in total. The molecule has 3 aromatic rings. The maximum absolute atomic E-state index is 13.2. The van der Waals surface area contributed by atoms with Crippen LogP contribution in [0.3, 0.4) is 0 Å². The molecule has 4 rings (SSSR count). The van der Waals surface area contributed by atoms with Crippen LogP contribution >= 0.6 is 18.7 Å². The third-order valence-electron chi connectivity index (χ3n) is 4.98. The molecular weight excluding hydrogens is 369 g/mol. The number of rotatable bonds is 3. The van der Waals surface area contributed by atoms with Gasteiger partial charge in [-0.15, -0.1) is 0 Å². The van der Waals surface area contributed by atoms with Crippen molar-refractivity contribution in [1.29, 1.82) is 0 Å². The minimum Gasteiger partial charge on any atom is -0.338 e. The number of nitrogens with zero attached hydrogens (tertiary/aromatic N) is 4. The molecule has 0 unspecified atom stereocenters. The predicted octanol–water partition coefficient (Wildman–Crippen LogP) is 3.30. The lowest BCUT2D eigenvalue weighted by atomic mass is 10.3. The standard InChI is InChI=1S/C18H21ClN5OP/c1-23-7-9-26(25,10-8-23)14-5-3-13(4-6-14)22-18-16-17(15(19)11-20-18)24(2)12-21-16/h3-6,11-12H,7-10H2,1-2H3,(H,20,22). The molecule has 6 nitrogen and oxygen atoms in total. The number of hydrogen-bond acceptors (Lipinski definition) is 5. The summed E-state index contributed by atoms with van der Waals surface area (Å²) in [5.74, 6) is 0.656. The van der Waals surface area contributed by atoms with E-state index in [4.69, 9.17) is 11.6 Å². The Morgan fingerprint density at radius 2 is 1.81 bits per heavy atom. The van der Waals surface area contributed by atoms with E-state index in [1.165, 1.54) is 0 Å². The summed E-state index contributed by atoms with van der Waals surface area (Å²) >= 11 is 6.23. The first-order chi connectivity index (χ1) is 12.5. The highest BCUT2D eigenvalue weighted by molar-refractivity contribution is 7.71. The lowest BCUT2D eigenvalue weighted by molar-refractivity contribution is 0.361. The van der Waals surface area contributed by atoms with Crippen LogP contribution in [0.1, 0.15) is 0 Å². The van der Waals surface area contributed by atoms with Gasteiger partial charge < -0.3 is 19.3 Å². The Morgan fingerprint density at radius 1 is 1.12 bits per heavy atom. The van der Waals surface area contributed by atoms with Gasteiger partial charge in [0.05, 0.1) is 23.1 Å². The van der Waals surface area contributed by atoms with Crippen molar-refractivity contribution in [2.45, 2.75) is 0 Å². The Morgan fingerprint density at radius 3 is 2.50 bits per heavy atom. The molecule has 26 heavy (non-hydrogen) atoms. The molecule has 0 saturated carbocycles. The minimum atomic E-state index is -2.27. The largest absolute Gasteiger partial charge is 0.338 e. The summed E-state index contributed by atoms with van der Waals surface area (Å²) in [7, 11) is 1.71. The molecule has 1 aromatic carbocycles. The maximum Gasteiger partial charge on any atom is 0.158 e. The van der Waals surface area contributed by atoms with E-state index >= 15 is 0 Å². The second kappa shape index (κ2) is 6.69. The number of fused-ring (bicyclic) bond motifs is 1. The molecule has 1 saturated heterocycles. The van der Waals surface area contributed by atoms with Crippen molar-refractivity contribution in [3.63, 3.8) is 0 Å². The Kier molecular flexibility index (Phi) is 4.51. The molecule has 0 bridgehead atoms. The van der Waals surface area contributed by atoms with Gasteiger partial charge >= 0.3 is 0 Å². The average molecular weight is 390 g/mol. The van der Waals surface area contributed by atoms with E-state index in [1.807, 2.05) is 35.9 Å². The quantitative estimate of drug-likeness (QED) is 0.696. The number of pyridine rings is 1. The smallest absolute Gasteiger partial charge is 0.158 e. The summed E-state index contributed by atoms with van der Waals surface area (Å²) < 4.78 is 15.1. The summed E-state index contributed by atoms with van der Waals surface area (Å²) in [4.78, 5) is 11.0. The molecule has 3 heterocycles. The summed E-state index contributed by atoms with van der Waals surface area (Å²) in [5, 5.41) is 4.83. The fraction of sp³-hybridized carbons (Fsp3) is 0.333. The van der Waals surface area contributed by atoms with E-state index in [2.05, 4.69) is 27.2 Å². The normalized spacial score (nSPS) is 17.5. The zero-order valence-corrected chi connectivity index (χ0v) is 16.5. The first-order valence-corrected chi connectivity index (χ1v) is 11.0. The molecule has 136 valence electrons. The van der Waals surface area contributed by atoms with Gasteiger partial charge in [0.25, 0.3) is 0 Å². The Hall–Kier alpha value is -1.88. The van der Waals surface area contributed by atoms with Gasteiger partial charge in [-0.1, -0.05) is 11.6 Å². The number of anilines is 2. The van der Waals surface area contributed by atoms with Crippen LogP contribution < -0.4 is 10.6 Å². The number of benzene rings is 1. The van der Waals surface area contributed by atoms with Crippen LogP contribution in [0.25, 0.3) is 11.0 Å². The average Bonchev–Trinajstić information content (AvgIpc) is 3.04. The highest BCUT2D eigenvalue weighted by Crippen LogP contribution is 2.46. The number of halogens is 1. The summed E-state index contributed by atoms with van der Waals surface area (Å²) in [6, 6.07) is 7.86. The van der Waals surface area contributed by atoms with Gasteiger partial charge in [0.1, 0.15) is 12.7 Å². The third-order valence-corrected chi connectivity index (χ3v) is 8.34. The van der Waals surface area contributed by atoms with Gasteiger partial charge in [-0.25, -0.2) is 9.97 Å². The van der Waals surface area contributed by atoms with Crippen LogP contribution in [-0.4, -0.2) is 51.9 Å². The predicted molar refractivity (Wildman–Crippen MR) is 108 cm³/mol. The number of hydrogen-bond donors (Lipinski definition) is 1. The molecule has 1 fully saturated rings. The number of aromatic nitrogens is 3. The Bertz CT molecular complexity index is 989. The number of aryl methyl sites for hydroxylation is 1. The second-order valence-electron chi connectivity index (χ2n) is 6.82. The van der Waals surface area contributed by atoms with Crippen molar-refractivity contribution in [2.75, 3.05) is 37.8 Å². The van der Waals surface area contributed by atoms with Crippen LogP contribution in [0.5, 0.6) is 0 Å². The summed E-state index contributed by atoms with van der Waals surface area (Å²) in [6.07, 6.45) is 4.85. The van der Waals surface area contributed by atoms with Gasteiger partial charge in [-0.3, -0.25) is 0 Å². The van der Waals surface area contributed by atoms with E-state index in [-0.39, 0.29) is 0 Å². The SMILES string of the molecule is CN1CCP(=O)(c2ccc(Nc3ncc(Cl)c4c3ncn4C)cc2)CC1. The highest BCUT2D eigenvalue weighted by atomic mass is 35.5. The number of nitrogens with one attached hydrogen (secondary N) is 1. The van der Waals surface area contributed by atoms with Gasteiger partial charge in [0.2, 0.25) is 0 Å². The molecule has 8 heteroatoms. The Balaban J connectivity index is 1.59. The zero-order valence-electron chi connectivity index (χ0n) is 14.8. The van der Waals surface area contributed by atoms with Crippen LogP contribution in [0.2, 0.25) is 5.02 Å². The van der Waals surface area contributed by atoms with Gasteiger partial charge in [-0.05, 0) is 31.3 Å². The van der Waals surface area contributed by atoms with E-state index in [0.717, 1.165) is 47.4 Å².